The smallest absolute Gasteiger partial charge is 0.229 e. The zero-order chi connectivity index (χ0) is 18.4. The Morgan fingerprint density at radius 1 is 1.15 bits per heavy atom. The first-order valence-corrected chi connectivity index (χ1v) is 10.1. The summed E-state index contributed by atoms with van der Waals surface area (Å²) < 4.78 is 10.3. The number of rotatable bonds is 4. The number of carbonyl (C=O) groups is 1. The van der Waals surface area contributed by atoms with Crippen molar-refractivity contribution in [1.82, 2.24) is 25.4 Å². The van der Waals surface area contributed by atoms with Crippen LogP contribution < -0.4 is 0 Å². The summed E-state index contributed by atoms with van der Waals surface area (Å²) in [5.74, 6) is 4.20. The average molecular weight is 371 g/mol. The number of aryl methyl sites for hydroxylation is 1. The van der Waals surface area contributed by atoms with Crippen molar-refractivity contribution in [2.75, 3.05) is 13.1 Å². The van der Waals surface area contributed by atoms with Crippen molar-refractivity contribution >= 4 is 5.91 Å². The number of piperidine rings is 1. The van der Waals surface area contributed by atoms with Crippen LogP contribution in [0.3, 0.4) is 0 Å². The third kappa shape index (κ3) is 3.26. The Bertz CT molecular complexity index is 823. The van der Waals surface area contributed by atoms with Crippen molar-refractivity contribution in [3.8, 4) is 0 Å². The second-order valence-corrected chi connectivity index (χ2v) is 8.32. The van der Waals surface area contributed by atoms with Crippen molar-refractivity contribution < 1.29 is 13.9 Å². The van der Waals surface area contributed by atoms with Crippen LogP contribution in [0.15, 0.2) is 9.15 Å². The molecule has 2 saturated carbocycles. The van der Waals surface area contributed by atoms with E-state index in [1.54, 1.807) is 6.92 Å². The fraction of sp³-hybridized carbons (Fsp3) is 0.737. The van der Waals surface area contributed by atoms with Crippen molar-refractivity contribution in [2.45, 2.75) is 63.7 Å². The molecule has 3 aliphatic rings. The van der Waals surface area contributed by atoms with Gasteiger partial charge in [-0.05, 0) is 44.4 Å². The molecule has 1 amide bonds. The highest BCUT2D eigenvalue weighted by Gasteiger charge is 2.47. The molecule has 3 fully saturated rings. The van der Waals surface area contributed by atoms with E-state index in [0.717, 1.165) is 36.4 Å². The standard InChI is InChI=1S/C19H25N5O3/c1-11-16(22-27-21-11)10-17(25)24-7-5-12(6-8-24)19-20-18(23-26-19)14-4-2-3-13-9-15(13)14/h12-15H,2-10H2,1H3. The molecular weight excluding hydrogens is 346 g/mol. The second kappa shape index (κ2) is 6.73. The molecule has 1 aliphatic heterocycles. The first kappa shape index (κ1) is 16.9. The van der Waals surface area contributed by atoms with Gasteiger partial charge in [0.2, 0.25) is 11.8 Å². The van der Waals surface area contributed by atoms with E-state index in [2.05, 4.69) is 20.1 Å². The molecule has 27 heavy (non-hydrogen) atoms. The lowest BCUT2D eigenvalue weighted by molar-refractivity contribution is -0.131. The van der Waals surface area contributed by atoms with Crippen LogP contribution in [0.1, 0.15) is 73.5 Å². The van der Waals surface area contributed by atoms with Crippen LogP contribution in [0.25, 0.3) is 0 Å². The maximum absolute atomic E-state index is 12.5. The average Bonchev–Trinajstić information content (AvgIpc) is 3.14. The quantitative estimate of drug-likeness (QED) is 0.814. The summed E-state index contributed by atoms with van der Waals surface area (Å²) in [6, 6.07) is 0. The van der Waals surface area contributed by atoms with Gasteiger partial charge < -0.3 is 9.42 Å². The van der Waals surface area contributed by atoms with Crippen molar-refractivity contribution in [3.05, 3.63) is 23.1 Å². The molecular formula is C19H25N5O3. The summed E-state index contributed by atoms with van der Waals surface area (Å²) >= 11 is 0. The van der Waals surface area contributed by atoms with Gasteiger partial charge in [-0.15, -0.1) is 0 Å². The highest BCUT2D eigenvalue weighted by atomic mass is 16.6. The van der Waals surface area contributed by atoms with Crippen LogP contribution >= 0.6 is 0 Å². The number of nitrogens with zero attached hydrogens (tertiary/aromatic N) is 5. The van der Waals surface area contributed by atoms with E-state index < -0.39 is 0 Å². The Morgan fingerprint density at radius 3 is 2.78 bits per heavy atom. The van der Waals surface area contributed by atoms with Gasteiger partial charge in [0.25, 0.3) is 0 Å². The lowest BCUT2D eigenvalue weighted by Crippen LogP contribution is -2.39. The molecule has 2 aromatic heterocycles. The number of aromatic nitrogens is 4. The third-order valence-electron chi connectivity index (χ3n) is 6.64. The van der Waals surface area contributed by atoms with E-state index >= 15 is 0 Å². The molecule has 3 heterocycles. The van der Waals surface area contributed by atoms with Crippen LogP contribution in [-0.2, 0) is 11.2 Å². The number of carbonyl (C=O) groups excluding carboxylic acids is 1. The van der Waals surface area contributed by atoms with Crippen molar-refractivity contribution in [1.29, 1.82) is 0 Å². The Labute approximate surface area is 157 Å². The largest absolute Gasteiger partial charge is 0.342 e. The van der Waals surface area contributed by atoms with Crippen LogP contribution in [0.2, 0.25) is 0 Å². The van der Waals surface area contributed by atoms with Gasteiger partial charge in [-0.1, -0.05) is 28.3 Å². The van der Waals surface area contributed by atoms with Crippen molar-refractivity contribution in [3.63, 3.8) is 0 Å². The predicted molar refractivity (Wildman–Crippen MR) is 93.8 cm³/mol. The highest BCUT2D eigenvalue weighted by Crippen LogP contribution is 2.56. The SMILES string of the molecule is Cc1nonc1CC(=O)N1CCC(c2nc(C3CCCC4CC43)no2)CC1. The Balaban J connectivity index is 1.17. The van der Waals surface area contributed by atoms with Crippen LogP contribution in [0, 0.1) is 18.8 Å². The maximum Gasteiger partial charge on any atom is 0.229 e. The van der Waals surface area contributed by atoms with Gasteiger partial charge in [-0.3, -0.25) is 4.79 Å². The van der Waals surface area contributed by atoms with E-state index in [4.69, 9.17) is 9.51 Å². The van der Waals surface area contributed by atoms with Gasteiger partial charge in [0.05, 0.1) is 6.42 Å². The molecule has 0 bridgehead atoms. The zero-order valence-corrected chi connectivity index (χ0v) is 15.6. The van der Waals surface area contributed by atoms with E-state index in [1.807, 2.05) is 4.90 Å². The van der Waals surface area contributed by atoms with E-state index in [-0.39, 0.29) is 18.2 Å². The summed E-state index contributed by atoms with van der Waals surface area (Å²) in [7, 11) is 0. The fourth-order valence-electron chi connectivity index (χ4n) is 4.83. The van der Waals surface area contributed by atoms with Gasteiger partial charge in [0.15, 0.2) is 5.82 Å². The molecule has 0 spiro atoms. The van der Waals surface area contributed by atoms with Crippen LogP contribution in [0.4, 0.5) is 0 Å². The highest BCUT2D eigenvalue weighted by molar-refractivity contribution is 5.78. The molecule has 0 radical (unpaired) electrons. The molecule has 8 nitrogen and oxygen atoms in total. The summed E-state index contributed by atoms with van der Waals surface area (Å²) in [4.78, 5) is 19.1. The van der Waals surface area contributed by atoms with E-state index in [9.17, 15) is 4.79 Å². The molecule has 8 heteroatoms. The minimum absolute atomic E-state index is 0.0699. The van der Waals surface area contributed by atoms with Gasteiger partial charge in [-0.2, -0.15) is 4.98 Å². The molecule has 3 atom stereocenters. The second-order valence-electron chi connectivity index (χ2n) is 8.32. The topological polar surface area (TPSA) is 98.2 Å². The molecule has 1 saturated heterocycles. The third-order valence-corrected chi connectivity index (χ3v) is 6.64. The van der Waals surface area contributed by atoms with Crippen LogP contribution in [-0.4, -0.2) is 44.4 Å². The Hall–Kier alpha value is -2.25. The lowest BCUT2D eigenvalue weighted by atomic mass is 9.88. The number of fused-ring (bicyclic) bond motifs is 1. The fourth-order valence-corrected chi connectivity index (χ4v) is 4.83. The molecule has 3 unspecified atom stereocenters. The minimum atomic E-state index is 0.0699. The summed E-state index contributed by atoms with van der Waals surface area (Å²) in [6.45, 7) is 3.22. The number of amides is 1. The Kier molecular flexibility index (Phi) is 4.21. The Morgan fingerprint density at radius 2 is 2.00 bits per heavy atom. The molecule has 144 valence electrons. The monoisotopic (exact) mass is 371 g/mol. The molecule has 2 aromatic rings. The lowest BCUT2D eigenvalue weighted by Gasteiger charge is -2.30. The maximum atomic E-state index is 12.5. The van der Waals surface area contributed by atoms with Crippen LogP contribution in [0.5, 0.6) is 0 Å². The van der Waals surface area contributed by atoms with Gasteiger partial charge in [0, 0.05) is 24.9 Å². The van der Waals surface area contributed by atoms with Gasteiger partial charge in [-0.25, -0.2) is 4.63 Å². The predicted octanol–water partition coefficient (Wildman–Crippen LogP) is 2.61. The first-order valence-electron chi connectivity index (χ1n) is 10.1. The van der Waals surface area contributed by atoms with Gasteiger partial charge >= 0.3 is 0 Å². The number of likely N-dealkylation sites (tertiary alicyclic amines) is 1. The van der Waals surface area contributed by atoms with E-state index in [1.165, 1.54) is 25.7 Å². The number of hydrogen-bond acceptors (Lipinski definition) is 7. The molecule has 0 aromatic carbocycles. The molecule has 5 rings (SSSR count). The minimum Gasteiger partial charge on any atom is -0.342 e. The normalized spacial score (nSPS) is 28.2. The summed E-state index contributed by atoms with van der Waals surface area (Å²) in [5, 5.41) is 11.8. The summed E-state index contributed by atoms with van der Waals surface area (Å²) in [5.41, 5.74) is 1.30. The number of hydrogen-bond donors (Lipinski definition) is 0. The summed E-state index contributed by atoms with van der Waals surface area (Å²) in [6.07, 6.45) is 7.17. The molecule has 2 aliphatic carbocycles. The van der Waals surface area contributed by atoms with Crippen molar-refractivity contribution in [2.24, 2.45) is 11.8 Å². The molecule has 0 N–H and O–H groups in total. The zero-order valence-electron chi connectivity index (χ0n) is 15.6. The first-order chi connectivity index (χ1) is 13.2. The van der Waals surface area contributed by atoms with Gasteiger partial charge in [0.1, 0.15) is 11.4 Å². The van der Waals surface area contributed by atoms with E-state index in [0.29, 0.717) is 30.4 Å².